The largest absolute Gasteiger partial charge is 0.464 e. The molecule has 2 nitrogen and oxygen atoms in total. The second kappa shape index (κ2) is 6.42. The Bertz CT molecular complexity index is 702. The third-order valence-electron chi connectivity index (χ3n) is 3.52. The van der Waals surface area contributed by atoms with E-state index in [1.54, 1.807) is 7.11 Å². The van der Waals surface area contributed by atoms with Crippen molar-refractivity contribution in [2.24, 2.45) is 0 Å². The fourth-order valence-corrected chi connectivity index (χ4v) is 2.42. The molecule has 0 amide bonds. The molecule has 3 aromatic carbocycles. The Morgan fingerprint density at radius 3 is 2.33 bits per heavy atom. The van der Waals surface area contributed by atoms with Crippen LogP contribution < -0.4 is 4.74 Å². The van der Waals surface area contributed by atoms with Crippen LogP contribution in [0.25, 0.3) is 10.8 Å². The van der Waals surface area contributed by atoms with Gasteiger partial charge >= 0.3 is 0 Å². The van der Waals surface area contributed by atoms with Gasteiger partial charge in [0.15, 0.2) is 0 Å². The molecule has 21 heavy (non-hydrogen) atoms. The summed E-state index contributed by atoms with van der Waals surface area (Å²) in [6.45, 7) is 0. The molecule has 1 atom stereocenters. The zero-order chi connectivity index (χ0) is 14.5. The molecule has 0 radical (unpaired) electrons. The van der Waals surface area contributed by atoms with Crippen LogP contribution in [-0.4, -0.2) is 13.4 Å². The third-order valence-corrected chi connectivity index (χ3v) is 3.52. The highest BCUT2D eigenvalue weighted by Crippen LogP contribution is 2.26. The predicted octanol–water partition coefficient (Wildman–Crippen LogP) is 4.43. The van der Waals surface area contributed by atoms with Crippen molar-refractivity contribution in [3.8, 4) is 5.75 Å². The molecule has 0 fully saturated rings. The van der Waals surface area contributed by atoms with Crippen LogP contribution in [0.3, 0.4) is 0 Å². The summed E-state index contributed by atoms with van der Waals surface area (Å²) in [5, 5.41) is 2.28. The van der Waals surface area contributed by atoms with Crippen molar-refractivity contribution in [3.05, 3.63) is 78.4 Å². The Hall–Kier alpha value is -2.32. The van der Waals surface area contributed by atoms with Gasteiger partial charge in [-0.15, -0.1) is 0 Å². The zero-order valence-corrected chi connectivity index (χ0v) is 12.0. The normalized spacial score (nSPS) is 12.2. The third kappa shape index (κ3) is 3.23. The Morgan fingerprint density at radius 1 is 0.810 bits per heavy atom. The van der Waals surface area contributed by atoms with Gasteiger partial charge in [0, 0.05) is 18.9 Å². The lowest BCUT2D eigenvalue weighted by atomic mass is 10.1. The summed E-state index contributed by atoms with van der Waals surface area (Å²) in [6, 6.07) is 24.5. The van der Waals surface area contributed by atoms with Crippen molar-refractivity contribution in [3.63, 3.8) is 0 Å². The van der Waals surface area contributed by atoms with E-state index in [-0.39, 0.29) is 6.29 Å². The minimum absolute atomic E-state index is 0.293. The highest BCUT2D eigenvalue weighted by molar-refractivity contribution is 5.88. The average Bonchev–Trinajstić information content (AvgIpc) is 2.55. The summed E-state index contributed by atoms with van der Waals surface area (Å²) in [5.74, 6) is 0.857. The van der Waals surface area contributed by atoms with Crippen molar-refractivity contribution >= 4 is 10.8 Å². The second-order valence-electron chi connectivity index (χ2n) is 4.95. The average molecular weight is 278 g/mol. The number of ether oxygens (including phenoxy) is 2. The predicted molar refractivity (Wildman–Crippen MR) is 85.5 cm³/mol. The molecule has 0 saturated heterocycles. The number of rotatable bonds is 5. The van der Waals surface area contributed by atoms with Crippen LogP contribution in [0.2, 0.25) is 0 Å². The summed E-state index contributed by atoms with van der Waals surface area (Å²) in [7, 11) is 1.68. The minimum Gasteiger partial charge on any atom is -0.464 e. The standard InChI is InChI=1S/C19H18O2/c1-20-19(14-15-8-3-2-4-9-15)21-18-13-7-11-16-10-5-6-12-17(16)18/h2-13,19H,14H2,1H3. The molecule has 0 heterocycles. The number of benzene rings is 3. The van der Waals surface area contributed by atoms with Gasteiger partial charge < -0.3 is 9.47 Å². The maximum Gasteiger partial charge on any atom is 0.203 e. The van der Waals surface area contributed by atoms with E-state index in [4.69, 9.17) is 9.47 Å². The molecule has 3 aromatic rings. The molecular weight excluding hydrogens is 260 g/mol. The molecule has 0 aliphatic heterocycles. The van der Waals surface area contributed by atoms with Crippen molar-refractivity contribution < 1.29 is 9.47 Å². The lowest BCUT2D eigenvalue weighted by Crippen LogP contribution is -2.21. The fourth-order valence-electron chi connectivity index (χ4n) is 2.42. The summed E-state index contributed by atoms with van der Waals surface area (Å²) >= 11 is 0. The molecule has 0 spiro atoms. The lowest BCUT2D eigenvalue weighted by molar-refractivity contribution is -0.0510. The summed E-state index contributed by atoms with van der Waals surface area (Å²) in [4.78, 5) is 0. The fraction of sp³-hybridized carbons (Fsp3) is 0.158. The van der Waals surface area contributed by atoms with Gasteiger partial charge in [-0.05, 0) is 17.0 Å². The van der Waals surface area contributed by atoms with Crippen LogP contribution in [0.4, 0.5) is 0 Å². The molecule has 0 aliphatic carbocycles. The molecule has 106 valence electrons. The molecule has 1 unspecified atom stereocenters. The van der Waals surface area contributed by atoms with E-state index in [1.165, 1.54) is 10.9 Å². The topological polar surface area (TPSA) is 18.5 Å². The van der Waals surface area contributed by atoms with E-state index < -0.39 is 0 Å². The molecule has 0 aliphatic rings. The monoisotopic (exact) mass is 278 g/mol. The van der Waals surface area contributed by atoms with E-state index >= 15 is 0 Å². The van der Waals surface area contributed by atoms with Gasteiger partial charge in [-0.3, -0.25) is 0 Å². The number of hydrogen-bond acceptors (Lipinski definition) is 2. The van der Waals surface area contributed by atoms with Crippen LogP contribution >= 0.6 is 0 Å². The van der Waals surface area contributed by atoms with Gasteiger partial charge in [-0.25, -0.2) is 0 Å². The van der Waals surface area contributed by atoms with Gasteiger partial charge in [0.05, 0.1) is 0 Å². The second-order valence-corrected chi connectivity index (χ2v) is 4.95. The number of methoxy groups -OCH3 is 1. The Labute approximate surface area is 124 Å². The smallest absolute Gasteiger partial charge is 0.203 e. The molecule has 0 bridgehead atoms. The maximum absolute atomic E-state index is 6.06. The SMILES string of the molecule is COC(Cc1ccccc1)Oc1cccc2ccccc12. The summed E-state index contributed by atoms with van der Waals surface area (Å²) in [6.07, 6.45) is 0.429. The first kappa shape index (κ1) is 13.7. The molecule has 2 heteroatoms. The summed E-state index contributed by atoms with van der Waals surface area (Å²) < 4.78 is 11.5. The maximum atomic E-state index is 6.06. The first-order valence-corrected chi connectivity index (χ1v) is 7.08. The van der Waals surface area contributed by atoms with Gasteiger partial charge in [0.1, 0.15) is 5.75 Å². The van der Waals surface area contributed by atoms with Crippen molar-refractivity contribution in [2.75, 3.05) is 7.11 Å². The molecule has 0 aromatic heterocycles. The van der Waals surface area contributed by atoms with Crippen LogP contribution in [0, 0.1) is 0 Å². The molecule has 0 saturated carbocycles. The van der Waals surface area contributed by atoms with Gasteiger partial charge in [-0.2, -0.15) is 0 Å². The van der Waals surface area contributed by atoms with E-state index in [2.05, 4.69) is 30.3 Å². The first-order chi connectivity index (χ1) is 10.4. The van der Waals surface area contributed by atoms with E-state index in [1.807, 2.05) is 42.5 Å². The van der Waals surface area contributed by atoms with Crippen LogP contribution in [-0.2, 0) is 11.2 Å². The Balaban J connectivity index is 1.82. The van der Waals surface area contributed by atoms with Gasteiger partial charge in [-0.1, -0.05) is 66.7 Å². The Morgan fingerprint density at radius 2 is 1.52 bits per heavy atom. The highest BCUT2D eigenvalue weighted by Gasteiger charge is 2.12. The quantitative estimate of drug-likeness (QED) is 0.643. The first-order valence-electron chi connectivity index (χ1n) is 7.08. The van der Waals surface area contributed by atoms with E-state index in [0.29, 0.717) is 0 Å². The lowest BCUT2D eigenvalue weighted by Gasteiger charge is -2.19. The van der Waals surface area contributed by atoms with Crippen LogP contribution in [0.1, 0.15) is 5.56 Å². The van der Waals surface area contributed by atoms with Crippen molar-refractivity contribution in [2.45, 2.75) is 12.7 Å². The van der Waals surface area contributed by atoms with Crippen molar-refractivity contribution in [1.82, 2.24) is 0 Å². The van der Waals surface area contributed by atoms with Crippen molar-refractivity contribution in [1.29, 1.82) is 0 Å². The number of hydrogen-bond donors (Lipinski definition) is 0. The molecule has 3 rings (SSSR count). The number of fused-ring (bicyclic) bond motifs is 1. The van der Waals surface area contributed by atoms with E-state index in [9.17, 15) is 0 Å². The van der Waals surface area contributed by atoms with Gasteiger partial charge in [0.25, 0.3) is 0 Å². The van der Waals surface area contributed by atoms with Crippen LogP contribution in [0.15, 0.2) is 72.8 Å². The van der Waals surface area contributed by atoms with Crippen LogP contribution in [0.5, 0.6) is 5.75 Å². The highest BCUT2D eigenvalue weighted by atomic mass is 16.7. The zero-order valence-electron chi connectivity index (χ0n) is 12.0. The molecule has 0 N–H and O–H groups in total. The minimum atomic E-state index is -0.293. The van der Waals surface area contributed by atoms with E-state index in [0.717, 1.165) is 17.6 Å². The molecular formula is C19H18O2. The van der Waals surface area contributed by atoms with Gasteiger partial charge in [0.2, 0.25) is 6.29 Å². The summed E-state index contributed by atoms with van der Waals surface area (Å²) in [5.41, 5.74) is 1.20. The Kier molecular flexibility index (Phi) is 4.17.